The highest BCUT2D eigenvalue weighted by atomic mass is 32.2. The number of hydrogen-bond donors (Lipinski definition) is 0. The topological polar surface area (TPSA) is 70.6 Å². The van der Waals surface area contributed by atoms with E-state index >= 15 is 0 Å². The van der Waals surface area contributed by atoms with Gasteiger partial charge in [0.1, 0.15) is 0 Å². The first kappa shape index (κ1) is 22.1. The number of carbonyl (C=O) groups is 1. The first-order valence-electron chi connectivity index (χ1n) is 10.1. The average Bonchev–Trinajstić information content (AvgIpc) is 3.18. The highest BCUT2D eigenvalue weighted by Crippen LogP contribution is 2.31. The number of hydrogen-bond acceptors (Lipinski definition) is 7. The van der Waals surface area contributed by atoms with E-state index in [0.29, 0.717) is 24.4 Å². The lowest BCUT2D eigenvalue weighted by Crippen LogP contribution is -2.48. The maximum absolute atomic E-state index is 12.6. The fraction of sp³-hybridized carbons (Fsp3) is 0.364. The summed E-state index contributed by atoms with van der Waals surface area (Å²) >= 11 is 3.21. The SMILES string of the molecule is Cc1ccc(SCCC(=O)N2CCN(c3nc4ccc(S(C)(=O)=O)cc4s3)CC2)cc1. The minimum Gasteiger partial charge on any atom is -0.345 e. The fourth-order valence-electron chi connectivity index (χ4n) is 3.45. The second-order valence-corrected chi connectivity index (χ2v) is 11.9. The number of thioether (sulfide) groups is 1. The molecule has 0 radical (unpaired) electrons. The van der Waals surface area contributed by atoms with Gasteiger partial charge >= 0.3 is 0 Å². The molecule has 6 nitrogen and oxygen atoms in total. The third kappa shape index (κ3) is 5.39. The van der Waals surface area contributed by atoms with Gasteiger partial charge in [0.05, 0.1) is 15.1 Å². The minimum atomic E-state index is -3.23. The molecule has 0 aliphatic carbocycles. The van der Waals surface area contributed by atoms with Gasteiger partial charge in [0.2, 0.25) is 5.91 Å². The molecule has 2 aromatic carbocycles. The van der Waals surface area contributed by atoms with Gasteiger partial charge < -0.3 is 9.80 Å². The zero-order valence-corrected chi connectivity index (χ0v) is 20.0. The molecule has 1 amide bonds. The Labute approximate surface area is 191 Å². The van der Waals surface area contributed by atoms with Crippen LogP contribution in [0.3, 0.4) is 0 Å². The second-order valence-electron chi connectivity index (χ2n) is 7.68. The number of piperazine rings is 1. The maximum atomic E-state index is 12.6. The van der Waals surface area contributed by atoms with Gasteiger partial charge in [0.25, 0.3) is 0 Å². The summed E-state index contributed by atoms with van der Waals surface area (Å²) in [6.07, 6.45) is 1.75. The summed E-state index contributed by atoms with van der Waals surface area (Å²) in [6.45, 7) is 4.89. The van der Waals surface area contributed by atoms with Crippen LogP contribution in [0.1, 0.15) is 12.0 Å². The van der Waals surface area contributed by atoms with Gasteiger partial charge in [-0.15, -0.1) is 11.8 Å². The molecule has 164 valence electrons. The third-order valence-corrected chi connectivity index (χ3v) is 8.49. The second kappa shape index (κ2) is 9.18. The van der Waals surface area contributed by atoms with Crippen LogP contribution in [0.5, 0.6) is 0 Å². The number of rotatable bonds is 6. The summed E-state index contributed by atoms with van der Waals surface area (Å²) in [4.78, 5) is 22.9. The van der Waals surface area contributed by atoms with E-state index in [1.807, 2.05) is 4.90 Å². The van der Waals surface area contributed by atoms with Crippen LogP contribution in [-0.2, 0) is 14.6 Å². The number of fused-ring (bicyclic) bond motifs is 1. The Kier molecular flexibility index (Phi) is 6.55. The van der Waals surface area contributed by atoms with Crippen LogP contribution < -0.4 is 4.90 Å². The molecule has 1 aliphatic heterocycles. The Morgan fingerprint density at radius 3 is 2.48 bits per heavy atom. The quantitative estimate of drug-likeness (QED) is 0.505. The van der Waals surface area contributed by atoms with Gasteiger partial charge in [-0.05, 0) is 37.3 Å². The molecule has 0 bridgehead atoms. The van der Waals surface area contributed by atoms with Crippen LogP contribution in [0.15, 0.2) is 52.3 Å². The molecule has 0 unspecified atom stereocenters. The number of benzene rings is 2. The molecule has 4 rings (SSSR count). The van der Waals surface area contributed by atoms with Crippen molar-refractivity contribution in [2.75, 3.05) is 43.1 Å². The summed E-state index contributed by atoms with van der Waals surface area (Å²) < 4.78 is 24.4. The summed E-state index contributed by atoms with van der Waals surface area (Å²) in [7, 11) is -3.23. The van der Waals surface area contributed by atoms with Crippen LogP contribution in [0.25, 0.3) is 10.2 Å². The number of sulfone groups is 1. The Morgan fingerprint density at radius 1 is 1.10 bits per heavy atom. The molecule has 1 fully saturated rings. The zero-order valence-electron chi connectivity index (χ0n) is 17.6. The van der Waals surface area contributed by atoms with E-state index in [-0.39, 0.29) is 5.91 Å². The molecular weight excluding hydrogens is 450 g/mol. The van der Waals surface area contributed by atoms with E-state index in [1.54, 1.807) is 30.0 Å². The normalized spacial score (nSPS) is 14.9. The number of anilines is 1. The average molecular weight is 476 g/mol. The Morgan fingerprint density at radius 2 is 1.81 bits per heavy atom. The summed E-state index contributed by atoms with van der Waals surface area (Å²) in [5, 5.41) is 0.877. The molecule has 1 aliphatic rings. The molecule has 9 heteroatoms. The van der Waals surface area contributed by atoms with Crippen molar-refractivity contribution in [1.29, 1.82) is 0 Å². The van der Waals surface area contributed by atoms with Crippen molar-refractivity contribution in [2.24, 2.45) is 0 Å². The van der Waals surface area contributed by atoms with Crippen molar-refractivity contribution in [3.63, 3.8) is 0 Å². The molecule has 0 N–H and O–H groups in total. The van der Waals surface area contributed by atoms with E-state index < -0.39 is 9.84 Å². The van der Waals surface area contributed by atoms with Crippen LogP contribution in [0.2, 0.25) is 0 Å². The molecule has 1 saturated heterocycles. The van der Waals surface area contributed by atoms with Crippen molar-refractivity contribution < 1.29 is 13.2 Å². The van der Waals surface area contributed by atoms with Crippen molar-refractivity contribution in [3.05, 3.63) is 48.0 Å². The van der Waals surface area contributed by atoms with Gasteiger partial charge in [-0.2, -0.15) is 0 Å². The molecule has 0 spiro atoms. The summed E-state index contributed by atoms with van der Waals surface area (Å²) in [6, 6.07) is 13.4. The largest absolute Gasteiger partial charge is 0.345 e. The number of aromatic nitrogens is 1. The molecule has 2 heterocycles. The Hall–Kier alpha value is -2.10. The van der Waals surface area contributed by atoms with Gasteiger partial charge in [-0.3, -0.25) is 4.79 Å². The first-order valence-corrected chi connectivity index (χ1v) is 13.8. The van der Waals surface area contributed by atoms with Crippen LogP contribution in [-0.4, -0.2) is 62.4 Å². The van der Waals surface area contributed by atoms with Crippen molar-refractivity contribution in [2.45, 2.75) is 23.1 Å². The van der Waals surface area contributed by atoms with Crippen LogP contribution in [0.4, 0.5) is 5.13 Å². The van der Waals surface area contributed by atoms with Crippen LogP contribution >= 0.6 is 23.1 Å². The Balaban J connectivity index is 1.30. The van der Waals surface area contributed by atoms with Gasteiger partial charge in [0.15, 0.2) is 15.0 Å². The minimum absolute atomic E-state index is 0.196. The lowest BCUT2D eigenvalue weighted by molar-refractivity contribution is -0.131. The molecule has 3 aromatic rings. The highest BCUT2D eigenvalue weighted by Gasteiger charge is 2.23. The van der Waals surface area contributed by atoms with Gasteiger partial charge in [0, 0.05) is 49.5 Å². The summed E-state index contributed by atoms with van der Waals surface area (Å²) in [5.41, 5.74) is 2.04. The van der Waals surface area contributed by atoms with E-state index in [2.05, 4.69) is 41.1 Å². The predicted octanol–water partition coefficient (Wildman–Crippen LogP) is 3.84. The monoisotopic (exact) mass is 475 g/mol. The molecule has 31 heavy (non-hydrogen) atoms. The van der Waals surface area contributed by atoms with Crippen molar-refractivity contribution in [3.8, 4) is 0 Å². The van der Waals surface area contributed by atoms with Crippen molar-refractivity contribution >= 4 is 54.2 Å². The van der Waals surface area contributed by atoms with E-state index in [9.17, 15) is 13.2 Å². The van der Waals surface area contributed by atoms with Crippen molar-refractivity contribution in [1.82, 2.24) is 9.88 Å². The molecule has 0 atom stereocenters. The van der Waals surface area contributed by atoms with E-state index in [4.69, 9.17) is 0 Å². The maximum Gasteiger partial charge on any atom is 0.223 e. The predicted molar refractivity (Wildman–Crippen MR) is 128 cm³/mol. The molecular formula is C22H25N3O3S3. The zero-order chi connectivity index (χ0) is 22.0. The molecule has 0 saturated carbocycles. The lowest BCUT2D eigenvalue weighted by Gasteiger charge is -2.34. The summed E-state index contributed by atoms with van der Waals surface area (Å²) in [5.74, 6) is 0.976. The standard InChI is InChI=1S/C22H25N3O3S3/c1-16-3-5-17(6-4-16)29-14-9-21(26)24-10-12-25(13-11-24)22-23-19-8-7-18(31(2,27)28)15-20(19)30-22/h3-8,15H,9-14H2,1-2H3. The third-order valence-electron chi connectivity index (χ3n) is 5.29. The van der Waals surface area contributed by atoms with E-state index in [0.717, 1.165) is 34.2 Å². The fourth-order valence-corrected chi connectivity index (χ4v) is 6.07. The van der Waals surface area contributed by atoms with Gasteiger partial charge in [-0.25, -0.2) is 13.4 Å². The first-order chi connectivity index (χ1) is 14.8. The van der Waals surface area contributed by atoms with E-state index in [1.165, 1.54) is 28.1 Å². The van der Waals surface area contributed by atoms with Gasteiger partial charge in [-0.1, -0.05) is 29.0 Å². The number of thiazole rings is 1. The lowest BCUT2D eigenvalue weighted by atomic mass is 10.2. The number of aryl methyl sites for hydroxylation is 1. The smallest absolute Gasteiger partial charge is 0.223 e. The number of carbonyl (C=O) groups excluding carboxylic acids is 1. The number of amides is 1. The highest BCUT2D eigenvalue weighted by molar-refractivity contribution is 7.99. The Bertz CT molecular complexity index is 1180. The van der Waals surface area contributed by atoms with Crippen LogP contribution in [0, 0.1) is 6.92 Å². The molecule has 1 aromatic heterocycles. The number of nitrogens with zero attached hydrogens (tertiary/aromatic N) is 3.